The van der Waals surface area contributed by atoms with E-state index in [1.165, 1.54) is 26.4 Å². The fourth-order valence-corrected chi connectivity index (χ4v) is 1.97. The summed E-state index contributed by atoms with van der Waals surface area (Å²) in [6, 6.07) is 0. The molecular weight excluding hydrogens is 300 g/mol. The van der Waals surface area contributed by atoms with Gasteiger partial charge in [0, 0.05) is 26.4 Å². The second-order valence-electron chi connectivity index (χ2n) is 6.43. The second-order valence-corrected chi connectivity index (χ2v) is 6.43. The third kappa shape index (κ3) is 2.76. The van der Waals surface area contributed by atoms with Gasteiger partial charge in [-0.1, -0.05) is 0 Å². The van der Waals surface area contributed by atoms with Crippen molar-refractivity contribution < 1.29 is 9.47 Å². The van der Waals surface area contributed by atoms with Crippen LogP contribution in [0.2, 0.25) is 0 Å². The van der Waals surface area contributed by atoms with Crippen molar-refractivity contribution in [1.82, 2.24) is 9.13 Å². The number of nitrogens with zero attached hydrogens (tertiary/aromatic N) is 3. The average Bonchev–Trinajstić information content (AvgIpc) is 2.66. The van der Waals surface area contributed by atoms with Crippen molar-refractivity contribution in [3.8, 4) is 0 Å². The second kappa shape index (κ2) is 5.29. The zero-order chi connectivity index (χ0) is 17.6. The molecule has 0 spiro atoms. The molecule has 1 fully saturated rings. The van der Waals surface area contributed by atoms with E-state index in [0.29, 0.717) is 5.95 Å². The van der Waals surface area contributed by atoms with Gasteiger partial charge in [0.1, 0.15) is 17.0 Å². The number of allylic oxidation sites excluding steroid dienone is 1. The number of anilines is 1. The first-order valence-corrected chi connectivity index (χ1v) is 7.16. The van der Waals surface area contributed by atoms with E-state index in [9.17, 15) is 9.59 Å². The van der Waals surface area contributed by atoms with Gasteiger partial charge in [-0.2, -0.15) is 0 Å². The number of hydrogen-bond donors (Lipinski definition) is 1. The first-order chi connectivity index (χ1) is 10.5. The lowest BCUT2D eigenvalue weighted by Gasteiger charge is -2.28. The van der Waals surface area contributed by atoms with Gasteiger partial charge >= 0.3 is 5.69 Å². The van der Waals surface area contributed by atoms with E-state index in [2.05, 4.69) is 4.99 Å². The quantitative estimate of drug-likeness (QED) is 0.812. The van der Waals surface area contributed by atoms with Gasteiger partial charge < -0.3 is 15.2 Å². The number of aliphatic imine (C=N–C) groups is 1. The molecule has 0 atom stereocenters. The highest BCUT2D eigenvalue weighted by Gasteiger charge is 2.48. The molecule has 8 heteroatoms. The molecule has 0 saturated carbocycles. The van der Waals surface area contributed by atoms with Crippen molar-refractivity contribution >= 4 is 17.7 Å². The minimum absolute atomic E-state index is 0.00154. The summed E-state index contributed by atoms with van der Waals surface area (Å²) in [5.41, 5.74) is 3.73. The zero-order valence-electron chi connectivity index (χ0n) is 14.2. The normalized spacial score (nSPS) is 18.8. The molecule has 0 aliphatic carbocycles. The number of rotatable bonds is 2. The van der Waals surface area contributed by atoms with Crippen LogP contribution in [0.4, 0.5) is 11.5 Å². The van der Waals surface area contributed by atoms with E-state index >= 15 is 0 Å². The van der Waals surface area contributed by atoms with E-state index in [-0.39, 0.29) is 11.5 Å². The van der Waals surface area contributed by atoms with Crippen LogP contribution < -0.4 is 17.0 Å². The molecular formula is C15H22N4O4. The largest absolute Gasteiger partial charge is 0.455 e. The Hall–Kier alpha value is -2.51. The maximum atomic E-state index is 12.1. The number of aromatic nitrogens is 2. The summed E-state index contributed by atoms with van der Waals surface area (Å²) in [5, 5.41) is 0. The molecule has 2 N–H and O–H groups in total. The van der Waals surface area contributed by atoms with Crippen LogP contribution in [0, 0.1) is 0 Å². The topological polar surface area (TPSA) is 101 Å². The summed E-state index contributed by atoms with van der Waals surface area (Å²) < 4.78 is 13.5. The lowest BCUT2D eigenvalue weighted by atomic mass is 9.90. The van der Waals surface area contributed by atoms with Crippen LogP contribution >= 0.6 is 0 Å². The van der Waals surface area contributed by atoms with E-state index < -0.39 is 22.5 Å². The minimum Gasteiger partial charge on any atom is -0.455 e. The molecule has 0 amide bonds. The van der Waals surface area contributed by atoms with E-state index in [0.717, 1.165) is 9.13 Å². The van der Waals surface area contributed by atoms with Crippen molar-refractivity contribution in [2.24, 2.45) is 19.1 Å². The van der Waals surface area contributed by atoms with Crippen LogP contribution in [0.15, 0.2) is 26.6 Å². The fourth-order valence-electron chi connectivity index (χ4n) is 1.97. The summed E-state index contributed by atoms with van der Waals surface area (Å²) in [4.78, 5) is 27.8. The number of nitrogen functional groups attached to an aromatic ring is 1. The van der Waals surface area contributed by atoms with Crippen molar-refractivity contribution in [3.63, 3.8) is 0 Å². The molecule has 2 heterocycles. The summed E-state index contributed by atoms with van der Waals surface area (Å²) in [6.07, 6.45) is 2.88. The summed E-state index contributed by atoms with van der Waals surface area (Å²) in [6.45, 7) is 7.69. The van der Waals surface area contributed by atoms with E-state index in [4.69, 9.17) is 15.2 Å². The van der Waals surface area contributed by atoms with Gasteiger partial charge in [0.05, 0.1) is 0 Å². The van der Waals surface area contributed by atoms with Gasteiger partial charge in [0.2, 0.25) is 0 Å². The van der Waals surface area contributed by atoms with Gasteiger partial charge in [0.15, 0.2) is 5.69 Å². The van der Waals surface area contributed by atoms with Crippen LogP contribution in [-0.2, 0) is 23.6 Å². The zero-order valence-corrected chi connectivity index (χ0v) is 14.2. The van der Waals surface area contributed by atoms with E-state index in [1.54, 1.807) is 0 Å². The highest BCUT2D eigenvalue weighted by molar-refractivity contribution is 5.76. The van der Waals surface area contributed by atoms with Crippen LogP contribution in [0.5, 0.6) is 0 Å². The molecule has 0 radical (unpaired) electrons. The summed E-state index contributed by atoms with van der Waals surface area (Å²) in [7, 11) is 2.85. The van der Waals surface area contributed by atoms with Gasteiger partial charge in [0.25, 0.3) is 11.5 Å². The maximum absolute atomic E-state index is 12.1. The standard InChI is InChI=1S/C15H22N4O4/c1-14(2)15(3,4)23-9(22-14)7-8-17-10-11(16)18(5)13(21)19(6)12(10)20/h7-8H,16H2,1-6H3. The highest BCUT2D eigenvalue weighted by Crippen LogP contribution is 2.39. The van der Waals surface area contributed by atoms with Gasteiger partial charge in [-0.25, -0.2) is 9.79 Å². The molecule has 1 aliphatic rings. The Morgan fingerprint density at radius 3 is 2.09 bits per heavy atom. The third-order valence-corrected chi connectivity index (χ3v) is 4.26. The molecule has 1 saturated heterocycles. The fraction of sp³-hybridized carbons (Fsp3) is 0.533. The Morgan fingerprint density at radius 1 is 1.04 bits per heavy atom. The lowest BCUT2D eigenvalue weighted by molar-refractivity contribution is 0.00578. The first-order valence-electron chi connectivity index (χ1n) is 7.16. The molecule has 0 bridgehead atoms. The molecule has 1 aromatic heterocycles. The van der Waals surface area contributed by atoms with Crippen molar-refractivity contribution in [1.29, 1.82) is 0 Å². The smallest absolute Gasteiger partial charge is 0.332 e. The molecule has 126 valence electrons. The third-order valence-electron chi connectivity index (χ3n) is 4.26. The molecule has 0 aromatic carbocycles. The van der Waals surface area contributed by atoms with E-state index in [1.807, 2.05) is 27.7 Å². The lowest BCUT2D eigenvalue weighted by Crippen LogP contribution is -2.41. The van der Waals surface area contributed by atoms with Crippen molar-refractivity contribution in [2.75, 3.05) is 5.73 Å². The first kappa shape index (κ1) is 16.9. The summed E-state index contributed by atoms with van der Waals surface area (Å²) >= 11 is 0. The Kier molecular flexibility index (Phi) is 3.88. The molecule has 23 heavy (non-hydrogen) atoms. The summed E-state index contributed by atoms with van der Waals surface area (Å²) in [5.74, 6) is 0.311. The SMILES string of the molecule is Cn1c(N)c(N=CC=C2OC(C)(C)C(C)(C)O2)c(=O)n(C)c1=O. The Balaban J connectivity index is 2.35. The highest BCUT2D eigenvalue weighted by atomic mass is 16.7. The van der Waals surface area contributed by atoms with Crippen molar-refractivity contribution in [3.05, 3.63) is 32.9 Å². The number of ether oxygens (including phenoxy) is 2. The number of nitrogens with two attached hydrogens (primary N) is 1. The molecule has 0 unspecified atom stereocenters. The van der Waals surface area contributed by atoms with Crippen LogP contribution in [-0.4, -0.2) is 26.6 Å². The molecule has 1 aromatic rings. The van der Waals surface area contributed by atoms with Gasteiger partial charge in [-0.3, -0.25) is 13.9 Å². The monoisotopic (exact) mass is 322 g/mol. The Labute approximate surface area is 133 Å². The van der Waals surface area contributed by atoms with Gasteiger partial charge in [-0.05, 0) is 27.7 Å². The minimum atomic E-state index is -0.561. The number of hydrogen-bond acceptors (Lipinski definition) is 6. The predicted molar refractivity (Wildman–Crippen MR) is 87.9 cm³/mol. The van der Waals surface area contributed by atoms with Crippen LogP contribution in [0.25, 0.3) is 0 Å². The maximum Gasteiger partial charge on any atom is 0.332 e. The molecule has 1 aliphatic heterocycles. The van der Waals surface area contributed by atoms with Crippen LogP contribution in [0.3, 0.4) is 0 Å². The van der Waals surface area contributed by atoms with Crippen LogP contribution in [0.1, 0.15) is 27.7 Å². The van der Waals surface area contributed by atoms with Crippen molar-refractivity contribution in [2.45, 2.75) is 38.9 Å². The van der Waals surface area contributed by atoms with Gasteiger partial charge in [-0.15, -0.1) is 0 Å². The molecule has 2 rings (SSSR count). The predicted octanol–water partition coefficient (Wildman–Crippen LogP) is 0.814. The average molecular weight is 322 g/mol. The Bertz CT molecular complexity index is 794. The Morgan fingerprint density at radius 2 is 1.57 bits per heavy atom. The molecule has 8 nitrogen and oxygen atoms in total.